The van der Waals surface area contributed by atoms with Crippen molar-refractivity contribution in [3.8, 4) is 0 Å². The molecule has 0 saturated carbocycles. The molecule has 0 bridgehead atoms. The molecule has 28 heavy (non-hydrogen) atoms. The average Bonchev–Trinajstić information content (AvgIpc) is 2.88. The van der Waals surface area contributed by atoms with Gasteiger partial charge in [0.25, 0.3) is 5.91 Å². The van der Waals surface area contributed by atoms with Gasteiger partial charge < -0.3 is 10.1 Å². The standard InChI is InChI=1S/C19H24N4O5/c1-11(2)20-18(24)14(5)28-19(25)16-8-6-15(7-9-16)10-22-13(4)17(23(26)27)12(3)21-22/h6-9,11,14H,10H2,1-5H3,(H,20,24)/t14-/m1/s1. The van der Waals surface area contributed by atoms with Crippen molar-refractivity contribution in [1.82, 2.24) is 15.1 Å². The Morgan fingerprint density at radius 2 is 1.82 bits per heavy atom. The van der Waals surface area contributed by atoms with Crippen LogP contribution in [0.4, 0.5) is 5.69 Å². The van der Waals surface area contributed by atoms with Crippen LogP contribution in [0.5, 0.6) is 0 Å². The average molecular weight is 388 g/mol. The van der Waals surface area contributed by atoms with Gasteiger partial charge in [-0.2, -0.15) is 5.10 Å². The number of nitrogens with one attached hydrogen (secondary N) is 1. The van der Waals surface area contributed by atoms with E-state index in [9.17, 15) is 19.7 Å². The van der Waals surface area contributed by atoms with E-state index in [0.717, 1.165) is 5.56 Å². The van der Waals surface area contributed by atoms with Crippen molar-refractivity contribution in [1.29, 1.82) is 0 Å². The number of aryl methyl sites for hydroxylation is 1. The molecule has 1 atom stereocenters. The summed E-state index contributed by atoms with van der Waals surface area (Å²) in [7, 11) is 0. The maximum atomic E-state index is 12.2. The molecule has 9 nitrogen and oxygen atoms in total. The number of nitro groups is 1. The maximum Gasteiger partial charge on any atom is 0.338 e. The number of aromatic nitrogens is 2. The van der Waals surface area contributed by atoms with Gasteiger partial charge in [-0.1, -0.05) is 12.1 Å². The van der Waals surface area contributed by atoms with E-state index in [2.05, 4.69) is 10.4 Å². The van der Waals surface area contributed by atoms with E-state index >= 15 is 0 Å². The van der Waals surface area contributed by atoms with Crippen molar-refractivity contribution >= 4 is 17.6 Å². The Balaban J connectivity index is 2.05. The van der Waals surface area contributed by atoms with Crippen LogP contribution >= 0.6 is 0 Å². The second kappa shape index (κ2) is 8.64. The normalized spacial score (nSPS) is 11.9. The fraction of sp³-hybridized carbons (Fsp3) is 0.421. The lowest BCUT2D eigenvalue weighted by Crippen LogP contribution is -2.39. The Morgan fingerprint density at radius 3 is 2.32 bits per heavy atom. The Labute approximate surface area is 162 Å². The molecular weight excluding hydrogens is 364 g/mol. The highest BCUT2D eigenvalue weighted by Gasteiger charge is 2.22. The first-order valence-electron chi connectivity index (χ1n) is 8.88. The topological polar surface area (TPSA) is 116 Å². The summed E-state index contributed by atoms with van der Waals surface area (Å²) in [6.07, 6.45) is -0.898. The quantitative estimate of drug-likeness (QED) is 0.443. The Hall–Kier alpha value is -3.23. The summed E-state index contributed by atoms with van der Waals surface area (Å²) in [5.41, 5.74) is 1.97. The molecule has 0 spiro atoms. The minimum absolute atomic E-state index is 0.00820. The third-order valence-electron chi connectivity index (χ3n) is 4.13. The molecule has 0 saturated heterocycles. The highest BCUT2D eigenvalue weighted by Crippen LogP contribution is 2.22. The predicted octanol–water partition coefficient (Wildman–Crippen LogP) is 2.53. The summed E-state index contributed by atoms with van der Waals surface area (Å²) in [5, 5.41) is 18.0. The zero-order valence-electron chi connectivity index (χ0n) is 16.6. The number of nitrogens with zero attached hydrogens (tertiary/aromatic N) is 3. The van der Waals surface area contributed by atoms with E-state index in [0.29, 0.717) is 23.5 Å². The molecule has 1 N–H and O–H groups in total. The molecule has 0 unspecified atom stereocenters. The number of carbonyl (C=O) groups is 2. The second-order valence-electron chi connectivity index (χ2n) is 6.84. The summed E-state index contributed by atoms with van der Waals surface area (Å²) in [6, 6.07) is 6.57. The first-order valence-corrected chi connectivity index (χ1v) is 8.88. The van der Waals surface area contributed by atoms with Gasteiger partial charge in [-0.15, -0.1) is 0 Å². The molecule has 9 heteroatoms. The number of hydrogen-bond donors (Lipinski definition) is 1. The van der Waals surface area contributed by atoms with E-state index in [1.165, 1.54) is 6.92 Å². The van der Waals surface area contributed by atoms with Crippen LogP contribution in [0.15, 0.2) is 24.3 Å². The third kappa shape index (κ3) is 4.93. The number of ether oxygens (including phenoxy) is 1. The van der Waals surface area contributed by atoms with Gasteiger partial charge in [0.2, 0.25) is 0 Å². The zero-order valence-corrected chi connectivity index (χ0v) is 16.6. The zero-order chi connectivity index (χ0) is 21.0. The SMILES string of the molecule is Cc1nn(Cc2ccc(C(=O)O[C@H](C)C(=O)NC(C)C)cc2)c(C)c1[N+](=O)[O-]. The van der Waals surface area contributed by atoms with Gasteiger partial charge in [-0.25, -0.2) is 4.79 Å². The van der Waals surface area contributed by atoms with Gasteiger partial charge in [0.05, 0.1) is 17.0 Å². The predicted molar refractivity (Wildman–Crippen MR) is 102 cm³/mol. The van der Waals surface area contributed by atoms with Crippen molar-refractivity contribution in [2.75, 3.05) is 0 Å². The lowest BCUT2D eigenvalue weighted by Gasteiger charge is -2.15. The molecule has 1 aromatic heterocycles. The number of carbonyl (C=O) groups excluding carboxylic acids is 2. The summed E-state index contributed by atoms with van der Waals surface area (Å²) >= 11 is 0. The van der Waals surface area contributed by atoms with E-state index in [1.807, 2.05) is 13.8 Å². The molecule has 2 aromatic rings. The maximum absolute atomic E-state index is 12.2. The lowest BCUT2D eigenvalue weighted by molar-refractivity contribution is -0.386. The van der Waals surface area contributed by atoms with E-state index in [1.54, 1.807) is 42.8 Å². The highest BCUT2D eigenvalue weighted by molar-refractivity contribution is 5.92. The summed E-state index contributed by atoms with van der Waals surface area (Å²) in [6.45, 7) is 8.73. The molecule has 1 amide bonds. The van der Waals surface area contributed by atoms with Gasteiger partial charge in [0, 0.05) is 6.04 Å². The van der Waals surface area contributed by atoms with Gasteiger partial charge >= 0.3 is 11.7 Å². The van der Waals surface area contributed by atoms with Gasteiger partial charge in [0.15, 0.2) is 6.10 Å². The van der Waals surface area contributed by atoms with Crippen LogP contribution in [-0.4, -0.2) is 38.7 Å². The molecule has 0 aliphatic heterocycles. The van der Waals surface area contributed by atoms with Gasteiger partial charge in [-0.05, 0) is 52.3 Å². The van der Waals surface area contributed by atoms with E-state index < -0.39 is 17.0 Å². The Morgan fingerprint density at radius 1 is 1.21 bits per heavy atom. The van der Waals surface area contributed by atoms with Crippen LogP contribution in [0.3, 0.4) is 0 Å². The van der Waals surface area contributed by atoms with Crippen molar-refractivity contribution < 1.29 is 19.2 Å². The molecule has 0 fully saturated rings. The monoisotopic (exact) mass is 388 g/mol. The fourth-order valence-corrected chi connectivity index (χ4v) is 2.71. The van der Waals surface area contributed by atoms with Crippen molar-refractivity contribution in [3.05, 3.63) is 56.9 Å². The molecule has 0 aliphatic rings. The van der Waals surface area contributed by atoms with Crippen LogP contribution in [0.2, 0.25) is 0 Å². The second-order valence-corrected chi connectivity index (χ2v) is 6.84. The van der Waals surface area contributed by atoms with Crippen LogP contribution in [0, 0.1) is 24.0 Å². The minimum Gasteiger partial charge on any atom is -0.449 e. The smallest absolute Gasteiger partial charge is 0.338 e. The summed E-state index contributed by atoms with van der Waals surface area (Å²) in [4.78, 5) is 34.7. The first kappa shape index (κ1) is 21.1. The number of benzene rings is 1. The summed E-state index contributed by atoms with van der Waals surface area (Å²) in [5.74, 6) is -0.953. The van der Waals surface area contributed by atoms with E-state index in [4.69, 9.17) is 4.74 Å². The number of rotatable bonds is 7. The number of hydrogen-bond acceptors (Lipinski definition) is 6. The fourth-order valence-electron chi connectivity index (χ4n) is 2.71. The molecule has 0 aliphatic carbocycles. The third-order valence-corrected chi connectivity index (χ3v) is 4.13. The molecule has 1 heterocycles. The Kier molecular flexibility index (Phi) is 6.50. The van der Waals surface area contributed by atoms with Crippen molar-refractivity contribution in [2.45, 2.75) is 53.3 Å². The van der Waals surface area contributed by atoms with Gasteiger partial charge in [-0.3, -0.25) is 19.6 Å². The highest BCUT2D eigenvalue weighted by atomic mass is 16.6. The molecule has 2 rings (SSSR count). The number of esters is 1. The largest absolute Gasteiger partial charge is 0.449 e. The molecule has 1 aromatic carbocycles. The van der Waals surface area contributed by atoms with Crippen molar-refractivity contribution in [3.63, 3.8) is 0 Å². The summed E-state index contributed by atoms with van der Waals surface area (Å²) < 4.78 is 6.73. The number of amides is 1. The Bertz CT molecular complexity index is 886. The van der Waals surface area contributed by atoms with Crippen LogP contribution in [0.1, 0.15) is 48.1 Å². The van der Waals surface area contributed by atoms with Crippen molar-refractivity contribution in [2.24, 2.45) is 0 Å². The molecule has 150 valence electrons. The van der Waals surface area contributed by atoms with E-state index in [-0.39, 0.29) is 17.6 Å². The van der Waals surface area contributed by atoms with Crippen LogP contribution in [0.25, 0.3) is 0 Å². The first-order chi connectivity index (χ1) is 13.1. The lowest BCUT2D eigenvalue weighted by atomic mass is 10.1. The van der Waals surface area contributed by atoms with Crippen LogP contribution < -0.4 is 5.32 Å². The molecular formula is C19H24N4O5. The minimum atomic E-state index is -0.898. The molecule has 0 radical (unpaired) electrons. The van der Waals surface area contributed by atoms with Gasteiger partial charge in [0.1, 0.15) is 11.4 Å². The van der Waals surface area contributed by atoms with Crippen LogP contribution in [-0.2, 0) is 16.1 Å².